The Bertz CT molecular complexity index is 156. The highest BCUT2D eigenvalue weighted by atomic mass is 32.1. The predicted molar refractivity (Wildman–Crippen MR) is 48.9 cm³/mol. The molecule has 3 nitrogen and oxygen atoms in total. The summed E-state index contributed by atoms with van der Waals surface area (Å²) in [5.74, 6) is 1.19. The molecule has 0 heterocycles. The third-order valence-electron chi connectivity index (χ3n) is 0.712. The highest BCUT2D eigenvalue weighted by Gasteiger charge is 1.89. The maximum absolute atomic E-state index is 5.31. The predicted octanol–water partition coefficient (Wildman–Crippen LogP) is 1.06. The zero-order valence-electron chi connectivity index (χ0n) is 6.50. The SMILES string of the molecule is CC(N)=NC(C)=NC(C)S. The van der Waals surface area contributed by atoms with Gasteiger partial charge >= 0.3 is 0 Å². The van der Waals surface area contributed by atoms with Gasteiger partial charge in [0.25, 0.3) is 0 Å². The maximum atomic E-state index is 5.31. The molecule has 0 bridgehead atoms. The van der Waals surface area contributed by atoms with E-state index < -0.39 is 0 Å². The largest absolute Gasteiger partial charge is 0.387 e. The number of aliphatic imine (C=N–C) groups is 2. The first-order valence-electron chi connectivity index (χ1n) is 3.05. The molecule has 0 aliphatic rings. The van der Waals surface area contributed by atoms with Gasteiger partial charge < -0.3 is 5.73 Å². The minimum atomic E-state index is -0.0110. The maximum Gasteiger partial charge on any atom is 0.123 e. The Labute approximate surface area is 66.8 Å². The Morgan fingerprint density at radius 3 is 2.30 bits per heavy atom. The second-order valence-electron chi connectivity index (χ2n) is 2.06. The molecule has 0 aromatic rings. The lowest BCUT2D eigenvalue weighted by Crippen LogP contribution is -2.08. The van der Waals surface area contributed by atoms with E-state index in [1.54, 1.807) is 13.8 Å². The summed E-state index contributed by atoms with van der Waals surface area (Å²) in [7, 11) is 0. The summed E-state index contributed by atoms with van der Waals surface area (Å²) in [5.41, 5.74) is 5.31. The molecule has 0 aliphatic heterocycles. The highest BCUT2D eigenvalue weighted by molar-refractivity contribution is 7.80. The molecule has 10 heavy (non-hydrogen) atoms. The molecular weight excluding hydrogens is 146 g/mol. The summed E-state index contributed by atoms with van der Waals surface area (Å²) < 4.78 is 0. The van der Waals surface area contributed by atoms with Crippen LogP contribution >= 0.6 is 12.6 Å². The van der Waals surface area contributed by atoms with Gasteiger partial charge in [-0.3, -0.25) is 4.99 Å². The number of hydrogen-bond acceptors (Lipinski definition) is 2. The van der Waals surface area contributed by atoms with Gasteiger partial charge in [-0.25, -0.2) is 4.99 Å². The van der Waals surface area contributed by atoms with Crippen molar-refractivity contribution >= 4 is 24.3 Å². The number of nitrogens with zero attached hydrogens (tertiary/aromatic N) is 2. The van der Waals surface area contributed by atoms with E-state index in [9.17, 15) is 0 Å². The molecule has 0 radical (unpaired) electrons. The van der Waals surface area contributed by atoms with Crippen LogP contribution in [-0.4, -0.2) is 17.0 Å². The molecule has 0 spiro atoms. The Balaban J connectivity index is 4.08. The first-order chi connectivity index (χ1) is 4.52. The van der Waals surface area contributed by atoms with Gasteiger partial charge in [0.05, 0.1) is 11.2 Å². The minimum Gasteiger partial charge on any atom is -0.387 e. The number of amidine groups is 2. The van der Waals surface area contributed by atoms with E-state index in [-0.39, 0.29) is 5.37 Å². The van der Waals surface area contributed by atoms with Gasteiger partial charge in [0.15, 0.2) is 0 Å². The molecule has 0 aromatic carbocycles. The molecule has 2 N–H and O–H groups in total. The van der Waals surface area contributed by atoms with Crippen LogP contribution in [0.2, 0.25) is 0 Å². The van der Waals surface area contributed by atoms with E-state index in [0.717, 1.165) is 0 Å². The van der Waals surface area contributed by atoms with E-state index in [2.05, 4.69) is 22.6 Å². The third-order valence-corrected chi connectivity index (χ3v) is 0.827. The van der Waals surface area contributed by atoms with Gasteiger partial charge in [0.2, 0.25) is 0 Å². The van der Waals surface area contributed by atoms with Gasteiger partial charge in [0.1, 0.15) is 5.84 Å². The van der Waals surface area contributed by atoms with E-state index in [4.69, 9.17) is 5.73 Å². The number of thiol groups is 1. The monoisotopic (exact) mass is 159 g/mol. The Morgan fingerprint density at radius 2 is 2.00 bits per heavy atom. The van der Waals surface area contributed by atoms with Gasteiger partial charge in [-0.2, -0.15) is 12.6 Å². The van der Waals surface area contributed by atoms with Crippen molar-refractivity contribution in [1.82, 2.24) is 0 Å². The lowest BCUT2D eigenvalue weighted by Gasteiger charge is -1.96. The fourth-order valence-corrected chi connectivity index (χ4v) is 0.722. The standard InChI is InChI=1S/C6H13N3S/c1-4(7)8-5(2)9-6(3)10/h6,10H,1-3H3,(H2,7,8,9). The lowest BCUT2D eigenvalue weighted by molar-refractivity contribution is 1.05. The number of rotatable bonds is 1. The summed E-state index contributed by atoms with van der Waals surface area (Å²) in [5, 5.41) is -0.0110. The van der Waals surface area contributed by atoms with E-state index in [0.29, 0.717) is 11.7 Å². The average Bonchev–Trinajstić information content (AvgIpc) is 1.58. The molecule has 0 aliphatic carbocycles. The summed E-state index contributed by atoms with van der Waals surface area (Å²) >= 11 is 4.06. The smallest absolute Gasteiger partial charge is 0.123 e. The van der Waals surface area contributed by atoms with Crippen molar-refractivity contribution in [2.45, 2.75) is 26.1 Å². The zero-order chi connectivity index (χ0) is 8.15. The van der Waals surface area contributed by atoms with Gasteiger partial charge in [-0.05, 0) is 20.8 Å². The van der Waals surface area contributed by atoms with Crippen molar-refractivity contribution in [2.24, 2.45) is 15.7 Å². The molecule has 0 rings (SSSR count). The molecule has 0 amide bonds. The van der Waals surface area contributed by atoms with Crippen LogP contribution in [0.3, 0.4) is 0 Å². The van der Waals surface area contributed by atoms with E-state index in [1.165, 1.54) is 0 Å². The third kappa shape index (κ3) is 5.62. The van der Waals surface area contributed by atoms with Crippen LogP contribution in [0.1, 0.15) is 20.8 Å². The Hall–Kier alpha value is -0.510. The van der Waals surface area contributed by atoms with Crippen LogP contribution in [0, 0.1) is 0 Å². The van der Waals surface area contributed by atoms with Crippen molar-refractivity contribution < 1.29 is 0 Å². The van der Waals surface area contributed by atoms with Gasteiger partial charge in [-0.1, -0.05) is 0 Å². The molecule has 58 valence electrons. The second-order valence-corrected chi connectivity index (χ2v) is 2.81. The second kappa shape index (κ2) is 4.33. The van der Waals surface area contributed by atoms with Crippen LogP contribution < -0.4 is 5.73 Å². The molecular formula is C6H13N3S. The van der Waals surface area contributed by atoms with E-state index in [1.807, 2.05) is 6.92 Å². The summed E-state index contributed by atoms with van der Waals surface area (Å²) in [6.07, 6.45) is 0. The van der Waals surface area contributed by atoms with Crippen LogP contribution in [0.4, 0.5) is 0 Å². The fourth-order valence-electron chi connectivity index (χ4n) is 0.554. The van der Waals surface area contributed by atoms with Crippen molar-refractivity contribution in [1.29, 1.82) is 0 Å². The first kappa shape index (κ1) is 9.49. The van der Waals surface area contributed by atoms with Crippen molar-refractivity contribution in [3.05, 3.63) is 0 Å². The van der Waals surface area contributed by atoms with Gasteiger partial charge in [-0.15, -0.1) is 0 Å². The summed E-state index contributed by atoms with van der Waals surface area (Å²) in [6.45, 7) is 5.39. The number of nitrogens with two attached hydrogens (primary N) is 1. The average molecular weight is 159 g/mol. The molecule has 0 saturated heterocycles. The quantitative estimate of drug-likeness (QED) is 0.335. The van der Waals surface area contributed by atoms with Gasteiger partial charge in [0, 0.05) is 0 Å². The van der Waals surface area contributed by atoms with Crippen molar-refractivity contribution in [3.8, 4) is 0 Å². The molecule has 0 saturated carbocycles. The zero-order valence-corrected chi connectivity index (χ0v) is 7.39. The van der Waals surface area contributed by atoms with Crippen LogP contribution in [0.25, 0.3) is 0 Å². The molecule has 0 aromatic heterocycles. The highest BCUT2D eigenvalue weighted by Crippen LogP contribution is 1.95. The van der Waals surface area contributed by atoms with Crippen molar-refractivity contribution in [3.63, 3.8) is 0 Å². The molecule has 1 unspecified atom stereocenters. The molecule has 0 fully saturated rings. The normalized spacial score (nSPS) is 17.2. The molecule has 1 atom stereocenters. The minimum absolute atomic E-state index is 0.0110. The lowest BCUT2D eigenvalue weighted by atomic mass is 10.6. The van der Waals surface area contributed by atoms with E-state index >= 15 is 0 Å². The first-order valence-corrected chi connectivity index (χ1v) is 3.57. The fraction of sp³-hybridized carbons (Fsp3) is 0.667. The number of hydrogen-bond donors (Lipinski definition) is 2. The summed E-state index contributed by atoms with van der Waals surface area (Å²) in [4.78, 5) is 7.94. The Morgan fingerprint density at radius 1 is 1.50 bits per heavy atom. The van der Waals surface area contributed by atoms with Crippen LogP contribution in [0.5, 0.6) is 0 Å². The van der Waals surface area contributed by atoms with Crippen LogP contribution in [0.15, 0.2) is 9.98 Å². The summed E-state index contributed by atoms with van der Waals surface area (Å²) in [6, 6.07) is 0. The topological polar surface area (TPSA) is 50.7 Å². The van der Waals surface area contributed by atoms with Crippen LogP contribution in [-0.2, 0) is 0 Å². The van der Waals surface area contributed by atoms with Crippen molar-refractivity contribution in [2.75, 3.05) is 0 Å². The Kier molecular flexibility index (Phi) is 4.11. The molecule has 4 heteroatoms.